The largest absolute Gasteiger partial charge is 0.423 e. The molecule has 0 fully saturated rings. The molecule has 2 aromatic heterocycles. The summed E-state index contributed by atoms with van der Waals surface area (Å²) in [5.41, 5.74) is 3.99. The van der Waals surface area contributed by atoms with Crippen LogP contribution in [0.5, 0.6) is 0 Å². The first-order valence-corrected chi connectivity index (χ1v) is 10.7. The molecule has 0 aliphatic heterocycles. The van der Waals surface area contributed by atoms with Crippen LogP contribution in [0.15, 0.2) is 56.5 Å². The van der Waals surface area contributed by atoms with Crippen LogP contribution in [-0.2, 0) is 13.1 Å². The summed E-state index contributed by atoms with van der Waals surface area (Å²) in [6, 6.07) is 12.9. The van der Waals surface area contributed by atoms with Gasteiger partial charge in [0.05, 0.1) is 17.4 Å². The Morgan fingerprint density at radius 2 is 1.77 bits per heavy atom. The molecule has 6 nitrogen and oxygen atoms in total. The quantitative estimate of drug-likeness (QED) is 0.450. The minimum absolute atomic E-state index is 0.132. The molecule has 1 N–H and O–H groups in total. The molecule has 31 heavy (non-hydrogen) atoms. The van der Waals surface area contributed by atoms with Crippen molar-refractivity contribution in [3.63, 3.8) is 0 Å². The van der Waals surface area contributed by atoms with Gasteiger partial charge in [-0.25, -0.2) is 9.78 Å². The molecule has 0 atom stereocenters. The lowest BCUT2D eigenvalue weighted by atomic mass is 10.0. The minimum Gasteiger partial charge on any atom is -0.423 e. The zero-order valence-corrected chi connectivity index (χ0v) is 18.2. The normalized spacial score (nSPS) is 11.6. The first kappa shape index (κ1) is 21.0. The average Bonchev–Trinajstić information content (AvgIpc) is 2.73. The Kier molecular flexibility index (Phi) is 6.00. The van der Waals surface area contributed by atoms with Gasteiger partial charge in [0, 0.05) is 18.0 Å². The summed E-state index contributed by atoms with van der Waals surface area (Å²) in [6.45, 7) is 8.11. The predicted molar refractivity (Wildman–Crippen MR) is 123 cm³/mol. The first-order chi connectivity index (χ1) is 14.9. The van der Waals surface area contributed by atoms with E-state index in [0.717, 1.165) is 41.5 Å². The summed E-state index contributed by atoms with van der Waals surface area (Å²) < 4.78 is 5.45. The SMILES string of the molecule is CCCCN(Cc1nc2ccccc2c(=O)[nH]1)Cc1cc(=O)oc2cc(C)c(C)cc12. The van der Waals surface area contributed by atoms with E-state index in [-0.39, 0.29) is 11.2 Å². The molecule has 0 saturated heterocycles. The lowest BCUT2D eigenvalue weighted by Gasteiger charge is -2.22. The second kappa shape index (κ2) is 8.86. The number of benzene rings is 2. The number of hydrogen-bond acceptors (Lipinski definition) is 5. The van der Waals surface area contributed by atoms with E-state index in [1.165, 1.54) is 0 Å². The topological polar surface area (TPSA) is 79.2 Å². The van der Waals surface area contributed by atoms with E-state index in [2.05, 4.69) is 34.8 Å². The highest BCUT2D eigenvalue weighted by Crippen LogP contribution is 2.23. The van der Waals surface area contributed by atoms with Crippen molar-refractivity contribution in [2.24, 2.45) is 0 Å². The van der Waals surface area contributed by atoms with Gasteiger partial charge in [-0.2, -0.15) is 0 Å². The molecule has 0 radical (unpaired) electrons. The number of nitrogens with one attached hydrogen (secondary N) is 1. The van der Waals surface area contributed by atoms with Crippen molar-refractivity contribution < 1.29 is 4.42 Å². The van der Waals surface area contributed by atoms with Crippen molar-refractivity contribution in [3.05, 3.63) is 85.8 Å². The third kappa shape index (κ3) is 4.59. The van der Waals surface area contributed by atoms with Crippen LogP contribution >= 0.6 is 0 Å². The van der Waals surface area contributed by atoms with E-state index in [9.17, 15) is 9.59 Å². The van der Waals surface area contributed by atoms with Gasteiger partial charge in [0.15, 0.2) is 0 Å². The van der Waals surface area contributed by atoms with Crippen LogP contribution in [0.25, 0.3) is 21.9 Å². The molecule has 0 amide bonds. The zero-order valence-electron chi connectivity index (χ0n) is 18.2. The number of hydrogen-bond donors (Lipinski definition) is 1. The number of aromatic nitrogens is 2. The van der Waals surface area contributed by atoms with Crippen LogP contribution in [0.3, 0.4) is 0 Å². The fraction of sp³-hybridized carbons (Fsp3) is 0.320. The zero-order chi connectivity index (χ0) is 22.0. The standard InChI is InChI=1S/C25H27N3O3/c1-4-5-10-28(15-23-26-21-9-7-6-8-19(21)25(30)27-23)14-18-13-24(29)31-22-12-17(3)16(2)11-20(18)22/h6-9,11-13H,4-5,10,14-15H2,1-3H3,(H,26,27,30). The van der Waals surface area contributed by atoms with Gasteiger partial charge < -0.3 is 9.40 Å². The predicted octanol–water partition coefficient (Wildman–Crippen LogP) is 4.45. The lowest BCUT2D eigenvalue weighted by Crippen LogP contribution is -2.27. The summed E-state index contributed by atoms with van der Waals surface area (Å²) in [5, 5.41) is 1.54. The smallest absolute Gasteiger partial charge is 0.336 e. The second-order valence-corrected chi connectivity index (χ2v) is 8.12. The number of aromatic amines is 1. The number of fused-ring (bicyclic) bond motifs is 2. The van der Waals surface area contributed by atoms with E-state index in [4.69, 9.17) is 4.42 Å². The summed E-state index contributed by atoms with van der Waals surface area (Å²) in [4.78, 5) is 34.5. The van der Waals surface area contributed by atoms with Gasteiger partial charge in [0.1, 0.15) is 11.4 Å². The highest BCUT2D eigenvalue weighted by molar-refractivity contribution is 5.82. The molecule has 2 aromatic carbocycles. The molecule has 0 aliphatic carbocycles. The molecule has 0 bridgehead atoms. The summed E-state index contributed by atoms with van der Waals surface area (Å²) >= 11 is 0. The Morgan fingerprint density at radius 3 is 2.58 bits per heavy atom. The van der Waals surface area contributed by atoms with E-state index in [1.807, 2.05) is 31.2 Å². The Hall–Kier alpha value is -3.25. The Morgan fingerprint density at radius 1 is 1.00 bits per heavy atom. The average molecular weight is 418 g/mol. The van der Waals surface area contributed by atoms with Crippen LogP contribution < -0.4 is 11.2 Å². The maximum absolute atomic E-state index is 12.5. The minimum atomic E-state index is -0.349. The lowest BCUT2D eigenvalue weighted by molar-refractivity contribution is 0.247. The van der Waals surface area contributed by atoms with Crippen LogP contribution in [0.4, 0.5) is 0 Å². The van der Waals surface area contributed by atoms with E-state index >= 15 is 0 Å². The van der Waals surface area contributed by atoms with Gasteiger partial charge >= 0.3 is 5.63 Å². The maximum atomic E-state index is 12.5. The monoisotopic (exact) mass is 417 g/mol. The molecule has 0 spiro atoms. The van der Waals surface area contributed by atoms with Gasteiger partial charge in [-0.1, -0.05) is 25.5 Å². The summed E-state index contributed by atoms with van der Waals surface area (Å²) in [5.74, 6) is 0.624. The van der Waals surface area contributed by atoms with Crippen LogP contribution in [0, 0.1) is 13.8 Å². The van der Waals surface area contributed by atoms with Crippen molar-refractivity contribution in [2.75, 3.05) is 6.54 Å². The van der Waals surface area contributed by atoms with Gasteiger partial charge in [-0.3, -0.25) is 9.69 Å². The number of nitrogens with zero attached hydrogens (tertiary/aromatic N) is 2. The highest BCUT2D eigenvalue weighted by Gasteiger charge is 2.14. The van der Waals surface area contributed by atoms with E-state index < -0.39 is 0 Å². The van der Waals surface area contributed by atoms with Crippen LogP contribution in [0.2, 0.25) is 0 Å². The van der Waals surface area contributed by atoms with Gasteiger partial charge in [-0.05, 0) is 67.8 Å². The molecule has 4 rings (SSSR count). The van der Waals surface area contributed by atoms with E-state index in [0.29, 0.717) is 35.4 Å². The summed E-state index contributed by atoms with van der Waals surface area (Å²) in [6.07, 6.45) is 2.06. The van der Waals surface area contributed by atoms with Crippen molar-refractivity contribution in [1.29, 1.82) is 0 Å². The van der Waals surface area contributed by atoms with Crippen molar-refractivity contribution in [2.45, 2.75) is 46.7 Å². The molecular weight excluding hydrogens is 390 g/mol. The van der Waals surface area contributed by atoms with Gasteiger partial charge in [0.25, 0.3) is 5.56 Å². The highest BCUT2D eigenvalue weighted by atomic mass is 16.4. The third-order valence-corrected chi connectivity index (χ3v) is 5.70. The van der Waals surface area contributed by atoms with Gasteiger partial charge in [0.2, 0.25) is 0 Å². The second-order valence-electron chi connectivity index (χ2n) is 8.12. The van der Waals surface area contributed by atoms with Crippen molar-refractivity contribution >= 4 is 21.9 Å². The maximum Gasteiger partial charge on any atom is 0.336 e. The number of para-hydroxylation sites is 1. The van der Waals surface area contributed by atoms with Crippen molar-refractivity contribution in [1.82, 2.24) is 14.9 Å². The van der Waals surface area contributed by atoms with Crippen LogP contribution in [0.1, 0.15) is 42.3 Å². The Bertz CT molecular complexity index is 1350. The van der Waals surface area contributed by atoms with Gasteiger partial charge in [-0.15, -0.1) is 0 Å². The number of rotatable bonds is 7. The van der Waals surface area contributed by atoms with E-state index in [1.54, 1.807) is 12.1 Å². The molecule has 0 saturated carbocycles. The molecule has 0 unspecified atom stereocenters. The molecule has 2 heterocycles. The number of unbranched alkanes of at least 4 members (excludes halogenated alkanes) is 1. The molecule has 4 aromatic rings. The summed E-state index contributed by atoms with van der Waals surface area (Å²) in [7, 11) is 0. The third-order valence-electron chi connectivity index (χ3n) is 5.70. The number of H-pyrrole nitrogens is 1. The van der Waals surface area contributed by atoms with Crippen molar-refractivity contribution in [3.8, 4) is 0 Å². The molecule has 0 aliphatic rings. The molecule has 160 valence electrons. The molecular formula is C25H27N3O3. The van der Waals surface area contributed by atoms with Crippen LogP contribution in [-0.4, -0.2) is 21.4 Å². The Balaban J connectivity index is 1.70. The fourth-order valence-electron chi connectivity index (χ4n) is 3.87. The first-order valence-electron chi connectivity index (χ1n) is 10.7. The molecule has 6 heteroatoms. The number of aryl methyl sites for hydroxylation is 2. The Labute approximate surface area is 180 Å². The fourth-order valence-corrected chi connectivity index (χ4v) is 3.87.